The van der Waals surface area contributed by atoms with Gasteiger partial charge in [0.1, 0.15) is 0 Å². The SMILES string of the molecule is O=C(N[C@@H]1C[C@]1(F)c1ccc(Cl)cc1)c1ccccc1Cl. The number of benzene rings is 2. The largest absolute Gasteiger partial charge is 0.346 e. The van der Waals surface area contributed by atoms with Gasteiger partial charge in [-0.25, -0.2) is 4.39 Å². The number of amides is 1. The van der Waals surface area contributed by atoms with Gasteiger partial charge in [-0.1, -0.05) is 47.5 Å². The van der Waals surface area contributed by atoms with E-state index < -0.39 is 11.7 Å². The molecule has 1 aliphatic rings. The molecule has 2 aromatic carbocycles. The van der Waals surface area contributed by atoms with E-state index in [4.69, 9.17) is 23.2 Å². The molecule has 1 fully saturated rings. The Balaban J connectivity index is 1.72. The van der Waals surface area contributed by atoms with E-state index in [1.165, 1.54) is 0 Å². The van der Waals surface area contributed by atoms with Crippen molar-refractivity contribution in [1.29, 1.82) is 0 Å². The van der Waals surface area contributed by atoms with E-state index in [1.807, 2.05) is 0 Å². The molecule has 0 radical (unpaired) electrons. The van der Waals surface area contributed by atoms with E-state index in [2.05, 4.69) is 5.32 Å². The molecule has 21 heavy (non-hydrogen) atoms. The van der Waals surface area contributed by atoms with Crippen LogP contribution in [0.5, 0.6) is 0 Å². The lowest BCUT2D eigenvalue weighted by Gasteiger charge is -2.10. The van der Waals surface area contributed by atoms with Crippen molar-refractivity contribution in [3.63, 3.8) is 0 Å². The van der Waals surface area contributed by atoms with E-state index in [0.717, 1.165) is 0 Å². The molecule has 1 aliphatic carbocycles. The fourth-order valence-electron chi connectivity index (χ4n) is 2.33. The zero-order valence-corrected chi connectivity index (χ0v) is 12.5. The number of rotatable bonds is 3. The number of carbonyl (C=O) groups is 1. The fourth-order valence-corrected chi connectivity index (χ4v) is 2.68. The molecular weight excluding hydrogens is 312 g/mol. The van der Waals surface area contributed by atoms with Crippen molar-refractivity contribution < 1.29 is 9.18 Å². The smallest absolute Gasteiger partial charge is 0.253 e. The van der Waals surface area contributed by atoms with Crippen LogP contribution in [0.3, 0.4) is 0 Å². The minimum absolute atomic E-state index is 0.255. The molecule has 0 aromatic heterocycles. The molecule has 0 unspecified atom stereocenters. The summed E-state index contributed by atoms with van der Waals surface area (Å²) < 4.78 is 14.7. The second-order valence-electron chi connectivity index (χ2n) is 5.08. The first-order chi connectivity index (χ1) is 10.0. The Hall–Kier alpha value is -1.58. The van der Waals surface area contributed by atoms with Gasteiger partial charge in [0.25, 0.3) is 5.91 Å². The summed E-state index contributed by atoms with van der Waals surface area (Å²) in [5.41, 5.74) is -0.650. The second-order valence-corrected chi connectivity index (χ2v) is 5.92. The molecule has 0 heterocycles. The Kier molecular flexibility index (Phi) is 3.64. The molecule has 3 rings (SSSR count). The van der Waals surface area contributed by atoms with Gasteiger partial charge >= 0.3 is 0 Å². The summed E-state index contributed by atoms with van der Waals surface area (Å²) in [6, 6.07) is 12.7. The van der Waals surface area contributed by atoms with Crippen molar-refractivity contribution in [1.82, 2.24) is 5.32 Å². The van der Waals surface area contributed by atoms with Gasteiger partial charge in [0.2, 0.25) is 0 Å². The highest BCUT2D eigenvalue weighted by molar-refractivity contribution is 6.33. The van der Waals surface area contributed by atoms with E-state index in [1.54, 1.807) is 48.5 Å². The molecule has 2 atom stereocenters. The first kappa shape index (κ1) is 14.4. The van der Waals surface area contributed by atoms with E-state index in [-0.39, 0.29) is 12.3 Å². The zero-order valence-electron chi connectivity index (χ0n) is 10.9. The predicted molar refractivity (Wildman–Crippen MR) is 81.6 cm³/mol. The molecule has 2 nitrogen and oxygen atoms in total. The van der Waals surface area contributed by atoms with Crippen LogP contribution in [0.15, 0.2) is 48.5 Å². The first-order valence-corrected chi connectivity index (χ1v) is 7.26. The highest BCUT2D eigenvalue weighted by Crippen LogP contribution is 2.50. The number of alkyl halides is 1. The van der Waals surface area contributed by atoms with E-state index in [9.17, 15) is 9.18 Å². The molecule has 2 aromatic rings. The minimum Gasteiger partial charge on any atom is -0.346 e. The van der Waals surface area contributed by atoms with Gasteiger partial charge in [0.05, 0.1) is 16.6 Å². The Labute approximate surface area is 131 Å². The summed E-state index contributed by atoms with van der Waals surface area (Å²) in [5.74, 6) is -0.362. The Morgan fingerprint density at radius 2 is 1.81 bits per heavy atom. The predicted octanol–water partition coefficient (Wildman–Crippen LogP) is 4.36. The molecule has 1 saturated carbocycles. The number of nitrogens with one attached hydrogen (secondary N) is 1. The Morgan fingerprint density at radius 1 is 1.14 bits per heavy atom. The maximum atomic E-state index is 14.7. The Bertz CT molecular complexity index is 689. The zero-order chi connectivity index (χ0) is 15.0. The molecule has 1 amide bonds. The topological polar surface area (TPSA) is 29.1 Å². The van der Waals surface area contributed by atoms with Crippen molar-refractivity contribution >= 4 is 29.1 Å². The maximum Gasteiger partial charge on any atom is 0.253 e. The van der Waals surface area contributed by atoms with Crippen LogP contribution in [-0.2, 0) is 5.67 Å². The van der Waals surface area contributed by atoms with E-state index >= 15 is 0 Å². The van der Waals surface area contributed by atoms with Crippen LogP contribution in [0.1, 0.15) is 22.3 Å². The Morgan fingerprint density at radius 3 is 2.48 bits per heavy atom. The monoisotopic (exact) mass is 323 g/mol. The average molecular weight is 324 g/mol. The van der Waals surface area contributed by atoms with Crippen LogP contribution in [0.2, 0.25) is 10.0 Å². The third kappa shape index (κ3) is 2.76. The van der Waals surface area contributed by atoms with Crippen molar-refractivity contribution in [2.24, 2.45) is 0 Å². The van der Waals surface area contributed by atoms with Gasteiger partial charge in [-0.3, -0.25) is 4.79 Å². The lowest BCUT2D eigenvalue weighted by Crippen LogP contribution is -2.30. The standard InChI is InChI=1S/C16H12Cl2FNO/c17-11-7-5-10(6-8-11)16(19)9-14(16)20-15(21)12-3-1-2-4-13(12)18/h1-8,14H,9H2,(H,20,21)/t14-,16+/m1/s1. The van der Waals surface area contributed by atoms with Gasteiger partial charge in [-0.2, -0.15) is 0 Å². The highest BCUT2D eigenvalue weighted by Gasteiger charge is 2.57. The summed E-state index contributed by atoms with van der Waals surface area (Å²) in [4.78, 5) is 12.1. The normalized spacial score (nSPS) is 23.7. The molecule has 5 heteroatoms. The highest BCUT2D eigenvalue weighted by atomic mass is 35.5. The number of halogens is 3. The van der Waals surface area contributed by atoms with Crippen molar-refractivity contribution in [3.8, 4) is 0 Å². The summed E-state index contributed by atoms with van der Waals surface area (Å²) >= 11 is 11.8. The lowest BCUT2D eigenvalue weighted by atomic mass is 10.1. The average Bonchev–Trinajstić information content (AvgIpc) is 3.11. The summed E-state index contributed by atoms with van der Waals surface area (Å²) in [6.07, 6.45) is 0.255. The van der Waals surface area contributed by atoms with Crippen LogP contribution in [-0.4, -0.2) is 11.9 Å². The number of hydrogen-bond donors (Lipinski definition) is 1. The molecule has 0 bridgehead atoms. The van der Waals surface area contributed by atoms with Gasteiger partial charge in [-0.05, 0) is 29.8 Å². The van der Waals surface area contributed by atoms with Crippen LogP contribution in [0.4, 0.5) is 4.39 Å². The quantitative estimate of drug-likeness (QED) is 0.893. The summed E-state index contributed by atoms with van der Waals surface area (Å²) in [5, 5.41) is 3.59. The number of carbonyl (C=O) groups excluding carboxylic acids is 1. The van der Waals surface area contributed by atoms with Crippen LogP contribution < -0.4 is 5.32 Å². The maximum absolute atomic E-state index is 14.7. The minimum atomic E-state index is -1.53. The van der Waals surface area contributed by atoms with Gasteiger partial charge in [0.15, 0.2) is 5.67 Å². The lowest BCUT2D eigenvalue weighted by molar-refractivity contribution is 0.0940. The first-order valence-electron chi connectivity index (χ1n) is 6.51. The second kappa shape index (κ2) is 5.32. The third-order valence-corrected chi connectivity index (χ3v) is 4.22. The third-order valence-electron chi connectivity index (χ3n) is 3.64. The van der Waals surface area contributed by atoms with Crippen molar-refractivity contribution in [2.45, 2.75) is 18.1 Å². The number of hydrogen-bond acceptors (Lipinski definition) is 1. The van der Waals surface area contributed by atoms with Crippen LogP contribution in [0.25, 0.3) is 0 Å². The fraction of sp³-hybridized carbons (Fsp3) is 0.188. The summed E-state index contributed by atoms with van der Waals surface area (Å²) in [6.45, 7) is 0. The van der Waals surface area contributed by atoms with Gasteiger partial charge < -0.3 is 5.32 Å². The molecule has 0 saturated heterocycles. The molecular formula is C16H12Cl2FNO. The molecule has 0 aliphatic heterocycles. The van der Waals surface area contributed by atoms with Crippen LogP contribution >= 0.6 is 23.2 Å². The molecule has 1 N–H and O–H groups in total. The van der Waals surface area contributed by atoms with Gasteiger partial charge in [-0.15, -0.1) is 0 Å². The van der Waals surface area contributed by atoms with Crippen molar-refractivity contribution in [2.75, 3.05) is 0 Å². The molecule has 0 spiro atoms. The van der Waals surface area contributed by atoms with Crippen molar-refractivity contribution in [3.05, 3.63) is 69.7 Å². The van der Waals surface area contributed by atoms with Crippen LogP contribution in [0, 0.1) is 0 Å². The van der Waals surface area contributed by atoms with Gasteiger partial charge in [0, 0.05) is 11.4 Å². The summed E-state index contributed by atoms with van der Waals surface area (Å²) in [7, 11) is 0. The molecule has 108 valence electrons. The van der Waals surface area contributed by atoms with E-state index in [0.29, 0.717) is 21.2 Å².